The monoisotopic (exact) mass is 393 g/mol. The Balaban J connectivity index is 1.88. The van der Waals surface area contributed by atoms with E-state index >= 15 is 0 Å². The maximum Gasteiger partial charge on any atom is 0.573 e. The zero-order valence-electron chi connectivity index (χ0n) is 15.1. The zero-order valence-corrected chi connectivity index (χ0v) is 15.1. The van der Waals surface area contributed by atoms with Gasteiger partial charge in [-0.1, -0.05) is 18.2 Å². The summed E-state index contributed by atoms with van der Waals surface area (Å²) < 4.78 is 46.2. The summed E-state index contributed by atoms with van der Waals surface area (Å²) in [6.07, 6.45) is -4.03. The number of ether oxygens (including phenoxy) is 2. The molecule has 8 heteroatoms. The number of rotatable bonds is 5. The molecule has 2 aromatic rings. The lowest BCUT2D eigenvalue weighted by Crippen LogP contribution is -2.39. The molecule has 0 fully saturated rings. The van der Waals surface area contributed by atoms with E-state index in [-0.39, 0.29) is 31.2 Å². The maximum absolute atomic E-state index is 12.4. The summed E-state index contributed by atoms with van der Waals surface area (Å²) in [6, 6.07) is 10.9. The average molecular weight is 393 g/mol. The highest BCUT2D eigenvalue weighted by Gasteiger charge is 2.31. The third kappa shape index (κ3) is 4.62. The van der Waals surface area contributed by atoms with Crippen LogP contribution in [0.4, 0.5) is 18.9 Å². The number of esters is 1. The molecule has 1 aliphatic rings. The molecule has 148 valence electrons. The van der Waals surface area contributed by atoms with Crippen molar-refractivity contribution >= 4 is 17.6 Å². The number of nitrogens with zero attached hydrogens (tertiary/aromatic N) is 1. The molecule has 0 saturated heterocycles. The summed E-state index contributed by atoms with van der Waals surface area (Å²) >= 11 is 0. The van der Waals surface area contributed by atoms with Crippen molar-refractivity contribution in [2.75, 3.05) is 18.1 Å². The van der Waals surface area contributed by atoms with Gasteiger partial charge >= 0.3 is 12.3 Å². The number of fused-ring (bicyclic) bond motifs is 1. The van der Waals surface area contributed by atoms with Crippen LogP contribution in [0.25, 0.3) is 11.1 Å². The zero-order chi connectivity index (χ0) is 20.3. The molecule has 5 nitrogen and oxygen atoms in total. The minimum Gasteiger partial charge on any atom is -0.465 e. The van der Waals surface area contributed by atoms with E-state index in [1.165, 1.54) is 23.1 Å². The van der Waals surface area contributed by atoms with Gasteiger partial charge in [-0.25, -0.2) is 0 Å². The molecule has 0 N–H and O–H groups in total. The second kappa shape index (κ2) is 7.92. The van der Waals surface area contributed by atoms with E-state index in [4.69, 9.17) is 4.74 Å². The summed E-state index contributed by atoms with van der Waals surface area (Å²) in [5, 5.41) is 0. The van der Waals surface area contributed by atoms with E-state index in [1.807, 2.05) is 6.07 Å². The Morgan fingerprint density at radius 3 is 2.57 bits per heavy atom. The number of alkyl halides is 3. The lowest BCUT2D eigenvalue weighted by molar-refractivity contribution is -0.274. The molecule has 1 aliphatic heterocycles. The number of benzene rings is 2. The molecule has 0 aliphatic carbocycles. The van der Waals surface area contributed by atoms with Crippen LogP contribution < -0.4 is 9.64 Å². The Labute approximate surface area is 159 Å². The molecule has 3 rings (SSSR count). The third-order valence-corrected chi connectivity index (χ3v) is 4.27. The van der Waals surface area contributed by atoms with Gasteiger partial charge in [0.1, 0.15) is 12.3 Å². The van der Waals surface area contributed by atoms with Crippen LogP contribution in [-0.2, 0) is 20.7 Å². The fourth-order valence-electron chi connectivity index (χ4n) is 3.12. The molecule has 28 heavy (non-hydrogen) atoms. The smallest absolute Gasteiger partial charge is 0.465 e. The number of halogens is 3. The second-order valence-electron chi connectivity index (χ2n) is 6.20. The van der Waals surface area contributed by atoms with Crippen LogP contribution in [0.1, 0.15) is 18.9 Å². The van der Waals surface area contributed by atoms with Gasteiger partial charge in [-0.3, -0.25) is 9.59 Å². The van der Waals surface area contributed by atoms with Gasteiger partial charge in [0.25, 0.3) is 0 Å². The topological polar surface area (TPSA) is 55.8 Å². The Kier molecular flexibility index (Phi) is 5.58. The lowest BCUT2D eigenvalue weighted by Gasteiger charge is -2.29. The van der Waals surface area contributed by atoms with E-state index in [0.29, 0.717) is 23.2 Å². The van der Waals surface area contributed by atoms with E-state index in [9.17, 15) is 22.8 Å². The molecular formula is C20H18F3NO4. The Morgan fingerprint density at radius 2 is 1.86 bits per heavy atom. The maximum atomic E-state index is 12.4. The van der Waals surface area contributed by atoms with Gasteiger partial charge in [-0.2, -0.15) is 0 Å². The van der Waals surface area contributed by atoms with Crippen molar-refractivity contribution in [3.05, 3.63) is 48.0 Å². The summed E-state index contributed by atoms with van der Waals surface area (Å²) in [4.78, 5) is 25.4. The summed E-state index contributed by atoms with van der Waals surface area (Å²) in [7, 11) is 0. The predicted octanol–water partition coefficient (Wildman–Crippen LogP) is 4.09. The van der Waals surface area contributed by atoms with Crippen molar-refractivity contribution in [2.45, 2.75) is 26.1 Å². The predicted molar refractivity (Wildman–Crippen MR) is 95.9 cm³/mol. The van der Waals surface area contributed by atoms with Gasteiger partial charge < -0.3 is 14.4 Å². The Bertz CT molecular complexity index is 895. The van der Waals surface area contributed by atoms with Gasteiger partial charge in [-0.05, 0) is 54.3 Å². The number of anilines is 1. The van der Waals surface area contributed by atoms with Crippen molar-refractivity contribution in [3.8, 4) is 16.9 Å². The first-order valence-corrected chi connectivity index (χ1v) is 8.72. The summed E-state index contributed by atoms with van der Waals surface area (Å²) in [6.45, 7) is 1.74. The molecule has 1 amide bonds. The first-order chi connectivity index (χ1) is 13.3. The molecule has 0 saturated carbocycles. The standard InChI is InChI=1S/C20H18F3NO4/c1-2-27-19(26)12-24-17-8-6-14(10-15(17)7-9-18(24)25)13-4-3-5-16(11-13)28-20(21,22)23/h3-6,8,10-11H,2,7,9,12H2,1H3. The number of carbonyl (C=O) groups is 2. The van der Waals surface area contributed by atoms with Crippen LogP contribution in [0.3, 0.4) is 0 Å². The van der Waals surface area contributed by atoms with Gasteiger partial charge in [0.2, 0.25) is 5.91 Å². The van der Waals surface area contributed by atoms with Crippen LogP contribution in [0.15, 0.2) is 42.5 Å². The number of amides is 1. The average Bonchev–Trinajstić information content (AvgIpc) is 2.63. The van der Waals surface area contributed by atoms with Crippen molar-refractivity contribution in [1.82, 2.24) is 0 Å². The largest absolute Gasteiger partial charge is 0.573 e. The minimum absolute atomic E-state index is 0.172. The molecular weight excluding hydrogens is 375 g/mol. The molecule has 1 heterocycles. The van der Waals surface area contributed by atoms with Crippen LogP contribution >= 0.6 is 0 Å². The third-order valence-electron chi connectivity index (χ3n) is 4.27. The van der Waals surface area contributed by atoms with E-state index in [1.54, 1.807) is 25.1 Å². The highest BCUT2D eigenvalue weighted by atomic mass is 19.4. The highest BCUT2D eigenvalue weighted by molar-refractivity contribution is 6.00. The van der Waals surface area contributed by atoms with E-state index in [2.05, 4.69) is 4.74 Å². The van der Waals surface area contributed by atoms with Crippen molar-refractivity contribution < 1.29 is 32.2 Å². The van der Waals surface area contributed by atoms with Gasteiger partial charge in [0.05, 0.1) is 6.61 Å². The fraction of sp³-hybridized carbons (Fsp3) is 0.300. The molecule has 0 aromatic heterocycles. The quantitative estimate of drug-likeness (QED) is 0.718. The molecule has 2 aromatic carbocycles. The molecule has 0 unspecified atom stereocenters. The van der Waals surface area contributed by atoms with Gasteiger partial charge in [-0.15, -0.1) is 13.2 Å². The minimum atomic E-state index is -4.76. The SMILES string of the molecule is CCOC(=O)CN1C(=O)CCc2cc(-c3cccc(OC(F)(F)F)c3)ccc21. The van der Waals surface area contributed by atoms with Gasteiger partial charge in [0, 0.05) is 12.1 Å². The van der Waals surface area contributed by atoms with Crippen molar-refractivity contribution in [3.63, 3.8) is 0 Å². The first kappa shape index (κ1) is 19.7. The Morgan fingerprint density at radius 1 is 1.11 bits per heavy atom. The number of carbonyl (C=O) groups excluding carboxylic acids is 2. The molecule has 0 radical (unpaired) electrons. The van der Waals surface area contributed by atoms with E-state index < -0.39 is 12.3 Å². The molecule has 0 bridgehead atoms. The molecule has 0 atom stereocenters. The van der Waals surface area contributed by atoms with Crippen LogP contribution in [0, 0.1) is 0 Å². The van der Waals surface area contributed by atoms with Crippen LogP contribution in [-0.4, -0.2) is 31.4 Å². The molecule has 0 spiro atoms. The number of hydrogen-bond acceptors (Lipinski definition) is 4. The lowest BCUT2D eigenvalue weighted by atomic mass is 9.95. The van der Waals surface area contributed by atoms with Crippen molar-refractivity contribution in [2.24, 2.45) is 0 Å². The first-order valence-electron chi connectivity index (χ1n) is 8.72. The van der Waals surface area contributed by atoms with Crippen LogP contribution in [0.2, 0.25) is 0 Å². The number of hydrogen-bond donors (Lipinski definition) is 0. The summed E-state index contributed by atoms with van der Waals surface area (Å²) in [5.41, 5.74) is 2.69. The van der Waals surface area contributed by atoms with E-state index in [0.717, 1.165) is 5.56 Å². The number of aryl methyl sites for hydroxylation is 1. The highest BCUT2D eigenvalue weighted by Crippen LogP contribution is 2.34. The second-order valence-corrected chi connectivity index (χ2v) is 6.20. The van der Waals surface area contributed by atoms with Crippen LogP contribution in [0.5, 0.6) is 5.75 Å². The Hall–Kier alpha value is -3.03. The summed E-state index contributed by atoms with van der Waals surface area (Å²) in [5.74, 6) is -0.972. The normalized spacial score (nSPS) is 13.9. The van der Waals surface area contributed by atoms with Crippen molar-refractivity contribution in [1.29, 1.82) is 0 Å². The fourth-order valence-corrected chi connectivity index (χ4v) is 3.12. The van der Waals surface area contributed by atoms with Gasteiger partial charge in [0.15, 0.2) is 0 Å².